The lowest BCUT2D eigenvalue weighted by Gasteiger charge is -2.27. The summed E-state index contributed by atoms with van der Waals surface area (Å²) in [4.78, 5) is 159. The number of carbonyl (C=O) groups is 10. The number of nitrogens with two attached hydrogens (primary N) is 8. The van der Waals surface area contributed by atoms with E-state index in [0.29, 0.717) is 40.1 Å². The number of guanidine groups is 4. The highest BCUT2D eigenvalue weighted by atomic mass is 32.4. The van der Waals surface area contributed by atoms with Crippen molar-refractivity contribution in [3.63, 3.8) is 0 Å². The summed E-state index contributed by atoms with van der Waals surface area (Å²) >= 11 is 0. The number of Topliss-reactive ketones (excluding diaryl/α,β-unsaturated/α-hetero) is 2. The molecule has 0 bridgehead atoms. The van der Waals surface area contributed by atoms with E-state index < -0.39 is 95.7 Å². The summed E-state index contributed by atoms with van der Waals surface area (Å²) in [6, 6.07) is 13.1. The summed E-state index contributed by atoms with van der Waals surface area (Å²) in [7, 11) is 0.942. The Kier molecular flexibility index (Phi) is 39.5. The van der Waals surface area contributed by atoms with E-state index in [1.54, 1.807) is 37.3 Å². The van der Waals surface area contributed by atoms with Gasteiger partial charge in [0.25, 0.3) is 0 Å². The lowest BCUT2D eigenvalue weighted by molar-refractivity contribution is -0.135. The number of rotatable bonds is 39. The van der Waals surface area contributed by atoms with Gasteiger partial charge in [-0.1, -0.05) is 89.0 Å². The highest BCUT2D eigenvalue weighted by molar-refractivity contribution is 8.43. The van der Waals surface area contributed by atoms with Crippen molar-refractivity contribution in [3.8, 4) is 0 Å². The molecule has 0 saturated carbocycles. The molecule has 1 aliphatic rings. The minimum absolute atomic E-state index is 0.000899. The number of hydrogen-bond donors (Lipinski definition) is 16. The first-order valence-electron chi connectivity index (χ1n) is 32.6. The van der Waals surface area contributed by atoms with Gasteiger partial charge in [-0.3, -0.25) is 67.9 Å². The third-order valence-electron chi connectivity index (χ3n) is 15.0. The SMILES string of the molecule is CCOCC(=O)NPPPCC(=O)COCCOCCNC(=O)CC[C@@H]1NC(=O)[C@@H](CCCN=C(N)N)NC(=O)[C@H](CCCN=C(N)N)NC(=O)[C@@H](CCCN=C(N)N)NC(=O)[C@H](CCCN=C(N)N)NC(=O)[C@H](Cc2ccc3ccccc3c2)CC(=O)[C@@H](Cc2ccccc2)NC1=O. The Labute approximate surface area is 581 Å². The number of ether oxygens (including phenoxy) is 3. The summed E-state index contributed by atoms with van der Waals surface area (Å²) in [6.45, 7) is 2.39. The molecule has 24 N–H and O–H groups in total. The lowest BCUT2D eigenvalue weighted by Crippen LogP contribution is -2.59. The van der Waals surface area contributed by atoms with Gasteiger partial charge in [0.15, 0.2) is 35.4 Å². The van der Waals surface area contributed by atoms with Crippen LogP contribution in [0.5, 0.6) is 0 Å². The topological polar surface area (TPSA) is 552 Å². The molecule has 544 valence electrons. The fraction of sp³-hybridized carbons (Fsp3) is 0.524. The summed E-state index contributed by atoms with van der Waals surface area (Å²) in [5, 5.41) is 23.9. The molecular formula is C63H99N20O13P3. The van der Waals surface area contributed by atoms with Crippen molar-refractivity contribution in [2.45, 2.75) is 127 Å². The number of fused-ring (bicyclic) bond motifs is 1. The van der Waals surface area contributed by atoms with Crippen molar-refractivity contribution >= 4 is 118 Å². The van der Waals surface area contributed by atoms with Gasteiger partial charge in [0.05, 0.1) is 25.9 Å². The maximum atomic E-state index is 15.3. The average Bonchev–Trinajstić information content (AvgIpc) is 1.32. The Bertz CT molecular complexity index is 3230. The molecule has 1 fully saturated rings. The van der Waals surface area contributed by atoms with Gasteiger partial charge in [0, 0.05) is 72.7 Å². The fourth-order valence-electron chi connectivity index (χ4n) is 10.00. The smallest absolute Gasteiger partial charge is 0.249 e. The molecule has 0 spiro atoms. The highest BCUT2D eigenvalue weighted by Crippen LogP contribution is 2.50. The van der Waals surface area contributed by atoms with Crippen molar-refractivity contribution in [2.24, 2.45) is 71.8 Å². The molecule has 36 heteroatoms. The van der Waals surface area contributed by atoms with Gasteiger partial charge in [0.2, 0.25) is 47.3 Å². The average molecular weight is 1440 g/mol. The number of amides is 8. The molecule has 3 aromatic rings. The van der Waals surface area contributed by atoms with Crippen LogP contribution in [-0.2, 0) is 75.0 Å². The quantitative estimate of drug-likeness (QED) is 0.0124. The largest absolute Gasteiger partial charge is 0.377 e. The molecule has 0 aromatic heterocycles. The third kappa shape index (κ3) is 35.1. The number of nitrogens with zero attached hydrogens (tertiary/aromatic N) is 4. The molecule has 1 aliphatic heterocycles. The van der Waals surface area contributed by atoms with Gasteiger partial charge in [-0.05, 0) is 99.5 Å². The summed E-state index contributed by atoms with van der Waals surface area (Å²) in [5.41, 5.74) is 46.3. The van der Waals surface area contributed by atoms with Crippen molar-refractivity contribution in [2.75, 3.05) is 78.5 Å². The summed E-state index contributed by atoms with van der Waals surface area (Å²) in [5.74, 6) is -8.80. The van der Waals surface area contributed by atoms with E-state index in [9.17, 15) is 33.6 Å². The molecule has 1 heterocycles. The van der Waals surface area contributed by atoms with Crippen molar-refractivity contribution in [1.82, 2.24) is 42.3 Å². The number of ketones is 2. The summed E-state index contributed by atoms with van der Waals surface area (Å²) in [6.07, 6.45) is -1.10. The highest BCUT2D eigenvalue weighted by Gasteiger charge is 2.36. The van der Waals surface area contributed by atoms with Gasteiger partial charge in [0.1, 0.15) is 43.4 Å². The van der Waals surface area contributed by atoms with Crippen LogP contribution in [0.15, 0.2) is 92.8 Å². The Morgan fingerprint density at radius 1 is 0.495 bits per heavy atom. The summed E-state index contributed by atoms with van der Waals surface area (Å²) < 4.78 is 16.2. The maximum absolute atomic E-state index is 15.3. The fourth-order valence-corrected chi connectivity index (χ4v) is 14.6. The molecule has 3 aromatic carbocycles. The van der Waals surface area contributed by atoms with E-state index in [-0.39, 0.29) is 187 Å². The zero-order valence-corrected chi connectivity index (χ0v) is 58.9. The van der Waals surface area contributed by atoms with Gasteiger partial charge in [-0.15, -0.1) is 0 Å². The number of hydrogen-bond acceptors (Lipinski definition) is 17. The molecule has 99 heavy (non-hydrogen) atoms. The van der Waals surface area contributed by atoms with Crippen LogP contribution in [0.4, 0.5) is 0 Å². The molecular weight excluding hydrogens is 1340 g/mol. The van der Waals surface area contributed by atoms with E-state index in [4.69, 9.17) is 60.1 Å². The van der Waals surface area contributed by atoms with E-state index in [1.807, 2.05) is 42.5 Å². The molecule has 8 amide bonds. The van der Waals surface area contributed by atoms with Crippen LogP contribution in [0, 0.1) is 5.92 Å². The van der Waals surface area contributed by atoms with Crippen LogP contribution >= 0.6 is 24.6 Å². The van der Waals surface area contributed by atoms with Gasteiger partial charge < -0.3 is 102 Å². The van der Waals surface area contributed by atoms with Crippen LogP contribution in [0.25, 0.3) is 10.8 Å². The Hall–Kier alpha value is -8.73. The predicted molar refractivity (Wildman–Crippen MR) is 385 cm³/mol. The molecule has 3 unspecified atom stereocenters. The standard InChI is InChI=1S/C63H99N20O13P3/c1-2-94-37-53(87)83-98-99-97-38-44(84)36-96-31-30-95-29-28-72-52(86)23-22-49-59(93)82-50(34-39-12-4-3-5-13-39)51(85)35-43(33-40-20-21-41-14-6-7-15-42(41)32-40)54(88)77-45(16-8-24-73-60(64)65)55(89)78-46(17-9-25-74-61(66)67)56(90)79-47(18-10-26-75-62(68)69)57(91)80-48(58(92)81-49)19-11-27-76-63(70)71/h3-7,12-15,20-21,32,43,45-50,97-99H,2,8-11,16-19,22-31,33-38H2,1H3,(H,72,86)(H,77,88)(H,78,89)(H,79,90)(H,80,91)(H,81,92)(H,82,93)(H,83,87)(H4,64,65,73)(H4,66,67,74)(H4,68,69,75)(H4,70,71,76)/t43-,45+,46-,47+,48-,49+,50-/m1/s1. The van der Waals surface area contributed by atoms with Crippen LogP contribution in [-0.4, -0.2) is 197 Å². The van der Waals surface area contributed by atoms with E-state index in [1.165, 1.54) is 0 Å². The van der Waals surface area contributed by atoms with E-state index in [0.717, 1.165) is 10.8 Å². The van der Waals surface area contributed by atoms with Gasteiger partial charge in [-0.25, -0.2) is 0 Å². The van der Waals surface area contributed by atoms with Crippen molar-refractivity contribution < 1.29 is 62.2 Å². The van der Waals surface area contributed by atoms with E-state index in [2.05, 4.69) is 62.3 Å². The van der Waals surface area contributed by atoms with Gasteiger partial charge in [-0.2, -0.15) is 0 Å². The van der Waals surface area contributed by atoms with Crippen molar-refractivity contribution in [1.29, 1.82) is 0 Å². The molecule has 0 radical (unpaired) electrons. The monoisotopic (exact) mass is 1440 g/mol. The second-order valence-electron chi connectivity index (χ2n) is 23.0. The predicted octanol–water partition coefficient (Wildman–Crippen LogP) is -2.23. The molecule has 1 saturated heterocycles. The number of aliphatic imine (C=N–C) groups is 4. The second-order valence-corrected chi connectivity index (χ2v) is 29.3. The first-order chi connectivity index (χ1) is 47.5. The van der Waals surface area contributed by atoms with Gasteiger partial charge >= 0.3 is 0 Å². The normalized spacial score (nSPS) is 19.2. The molecule has 10 atom stereocenters. The first kappa shape index (κ1) is 82.7. The van der Waals surface area contributed by atoms with Crippen LogP contribution < -0.4 is 88.2 Å². The zero-order chi connectivity index (χ0) is 72.3. The second kappa shape index (κ2) is 47.3. The Balaban J connectivity index is 1.76. The number of benzene rings is 3. The molecule has 33 nitrogen and oxygen atoms in total. The van der Waals surface area contributed by atoms with Crippen LogP contribution in [0.1, 0.15) is 88.7 Å². The molecule has 4 rings (SSSR count). The minimum atomic E-state index is -1.58. The first-order valence-corrected chi connectivity index (χ1v) is 37.8. The lowest BCUT2D eigenvalue weighted by atomic mass is 9.88. The Morgan fingerprint density at radius 2 is 0.960 bits per heavy atom. The van der Waals surface area contributed by atoms with E-state index >= 15 is 14.4 Å². The minimum Gasteiger partial charge on any atom is -0.377 e. The maximum Gasteiger partial charge on any atom is 0.249 e. The van der Waals surface area contributed by atoms with Crippen molar-refractivity contribution in [3.05, 3.63) is 83.9 Å². The molecule has 0 aliphatic carbocycles. The zero-order valence-electron chi connectivity index (χ0n) is 55.9. The Morgan fingerprint density at radius 3 is 1.46 bits per heavy atom. The number of nitrogens with one attached hydrogen (secondary N) is 8. The number of carbonyl (C=O) groups excluding carboxylic acids is 10. The van der Waals surface area contributed by atoms with Crippen LogP contribution in [0.2, 0.25) is 0 Å². The third-order valence-corrected chi connectivity index (χ3v) is 20.8. The van der Waals surface area contributed by atoms with Crippen LogP contribution in [0.3, 0.4) is 0 Å².